The van der Waals surface area contributed by atoms with E-state index < -0.39 is 5.82 Å². The number of rotatable bonds is 1. The molecule has 0 saturated carbocycles. The number of nitrogens with zero attached hydrogens (tertiary/aromatic N) is 4. The van der Waals surface area contributed by atoms with Crippen molar-refractivity contribution < 1.29 is 4.39 Å². The molecule has 1 aromatic heterocycles. The molecule has 0 saturated heterocycles. The molecule has 4 nitrogen and oxygen atoms in total. The zero-order valence-electron chi connectivity index (χ0n) is 6.98. The lowest BCUT2D eigenvalue weighted by atomic mass is 10.2. The molecule has 0 radical (unpaired) electrons. The first-order valence-electron chi connectivity index (χ1n) is 3.72. The Morgan fingerprint density at radius 1 is 1.36 bits per heavy atom. The number of hydrogen-bond acceptors (Lipinski definition) is 3. The third kappa shape index (κ3) is 1.67. The van der Waals surface area contributed by atoms with Crippen molar-refractivity contribution in [1.29, 1.82) is 0 Å². The number of halogens is 2. The molecule has 6 heteroatoms. The van der Waals surface area contributed by atoms with E-state index in [1.165, 1.54) is 12.1 Å². The monoisotopic (exact) mass is 211 g/mol. The molecule has 0 bridgehead atoms. The summed E-state index contributed by atoms with van der Waals surface area (Å²) >= 11 is 5.67. The zero-order valence-corrected chi connectivity index (χ0v) is 7.74. The molecule has 1 aromatic carbocycles. The van der Waals surface area contributed by atoms with Gasteiger partial charge in [0.2, 0.25) is 5.82 Å². The molecule has 2 rings (SSSR count). The minimum absolute atomic E-state index is 0.292. The Kier molecular flexibility index (Phi) is 2.09. The molecule has 2 aromatic rings. The fourth-order valence-corrected chi connectivity index (χ4v) is 1.26. The van der Waals surface area contributed by atoms with Gasteiger partial charge in [0, 0.05) is 10.6 Å². The van der Waals surface area contributed by atoms with Gasteiger partial charge in [-0.15, -0.1) is 5.10 Å². The molecule has 72 valence electrons. The largest absolute Gasteiger partial charge is 0.301 e. The van der Waals surface area contributed by atoms with Crippen molar-refractivity contribution in [3.8, 4) is 11.4 Å². The standard InChI is InChI=1S/C8H5ClFN4/c1-14-12-8(11-13-14)5-2-6(9)4-7(10)3-5/h2-4H,1H2/q-1. The summed E-state index contributed by atoms with van der Waals surface area (Å²) in [5.74, 6) is -0.144. The Labute approximate surface area is 84.3 Å². The summed E-state index contributed by atoms with van der Waals surface area (Å²) in [5.41, 5.74) is 0.477. The van der Waals surface area contributed by atoms with E-state index in [4.69, 9.17) is 11.6 Å². The van der Waals surface area contributed by atoms with Crippen molar-refractivity contribution in [2.75, 3.05) is 0 Å². The number of tetrazole rings is 1. The van der Waals surface area contributed by atoms with Crippen LogP contribution < -0.4 is 0 Å². The van der Waals surface area contributed by atoms with Crippen molar-refractivity contribution in [2.45, 2.75) is 0 Å². The topological polar surface area (TPSA) is 43.6 Å². The van der Waals surface area contributed by atoms with Crippen molar-refractivity contribution in [3.05, 3.63) is 36.1 Å². The van der Waals surface area contributed by atoms with E-state index in [2.05, 4.69) is 22.5 Å². The number of hydrogen-bond donors (Lipinski definition) is 0. The predicted octanol–water partition coefficient (Wildman–Crippen LogP) is 1.77. The maximum absolute atomic E-state index is 12.9. The normalized spacial score (nSPS) is 10.4. The molecule has 14 heavy (non-hydrogen) atoms. The maximum Gasteiger partial charge on any atom is 0.202 e. The fourth-order valence-electron chi connectivity index (χ4n) is 1.04. The first kappa shape index (κ1) is 8.96. The van der Waals surface area contributed by atoms with Crippen molar-refractivity contribution in [1.82, 2.24) is 20.2 Å². The quantitative estimate of drug-likeness (QED) is 0.676. The lowest BCUT2D eigenvalue weighted by Crippen LogP contribution is -1.89. The first-order valence-corrected chi connectivity index (χ1v) is 4.10. The van der Waals surface area contributed by atoms with E-state index in [0.717, 1.165) is 4.80 Å². The Bertz CT molecular complexity index is 448. The van der Waals surface area contributed by atoms with Gasteiger partial charge in [0.15, 0.2) is 0 Å². The van der Waals surface area contributed by atoms with Crippen LogP contribution >= 0.6 is 11.6 Å². The Balaban J connectivity index is 2.51. The molecular weight excluding hydrogens is 207 g/mol. The number of aromatic nitrogens is 4. The molecular formula is C8H5ClFN4-. The third-order valence-corrected chi connectivity index (χ3v) is 1.79. The summed E-state index contributed by atoms with van der Waals surface area (Å²) in [5, 5.41) is 11.3. The van der Waals surface area contributed by atoms with Crippen LogP contribution in [0.25, 0.3) is 11.4 Å². The lowest BCUT2D eigenvalue weighted by Gasteiger charge is -1.96. The van der Waals surface area contributed by atoms with E-state index in [1.807, 2.05) is 0 Å². The van der Waals surface area contributed by atoms with Gasteiger partial charge >= 0.3 is 0 Å². The van der Waals surface area contributed by atoms with Gasteiger partial charge in [-0.1, -0.05) is 16.8 Å². The summed E-state index contributed by atoms with van der Waals surface area (Å²) in [6.07, 6.45) is 0. The minimum Gasteiger partial charge on any atom is -0.301 e. The van der Waals surface area contributed by atoms with E-state index in [-0.39, 0.29) is 0 Å². The van der Waals surface area contributed by atoms with E-state index >= 15 is 0 Å². The Morgan fingerprint density at radius 3 is 2.71 bits per heavy atom. The SMILES string of the molecule is [CH2-]n1nnc(-c2cc(F)cc(Cl)c2)n1. The van der Waals surface area contributed by atoms with Crippen LogP contribution in [0.1, 0.15) is 0 Å². The van der Waals surface area contributed by atoms with Crippen LogP contribution in [-0.4, -0.2) is 20.2 Å². The summed E-state index contributed by atoms with van der Waals surface area (Å²) < 4.78 is 12.9. The highest BCUT2D eigenvalue weighted by Crippen LogP contribution is 2.20. The van der Waals surface area contributed by atoms with E-state index in [0.29, 0.717) is 16.4 Å². The van der Waals surface area contributed by atoms with Crippen LogP contribution in [0.3, 0.4) is 0 Å². The average Bonchev–Trinajstić information content (AvgIpc) is 2.50. The lowest BCUT2D eigenvalue weighted by molar-refractivity contribution is 0.628. The second-order valence-electron chi connectivity index (χ2n) is 2.64. The molecule has 0 N–H and O–H groups in total. The summed E-state index contributed by atoms with van der Waals surface area (Å²) in [7, 11) is 3.42. The highest BCUT2D eigenvalue weighted by molar-refractivity contribution is 6.30. The maximum atomic E-state index is 12.9. The van der Waals surface area contributed by atoms with Crippen molar-refractivity contribution >= 4 is 11.6 Å². The van der Waals surface area contributed by atoms with Crippen LogP contribution in [0.4, 0.5) is 4.39 Å². The van der Waals surface area contributed by atoms with Gasteiger partial charge in [0.05, 0.1) is 0 Å². The Hall–Kier alpha value is -1.62. The summed E-state index contributed by atoms with van der Waals surface area (Å²) in [6.45, 7) is 0. The number of benzene rings is 1. The summed E-state index contributed by atoms with van der Waals surface area (Å²) in [6, 6.07) is 4.05. The predicted molar refractivity (Wildman–Crippen MR) is 49.0 cm³/mol. The molecule has 0 fully saturated rings. The zero-order chi connectivity index (χ0) is 10.1. The van der Waals surface area contributed by atoms with Crippen LogP contribution in [0.2, 0.25) is 5.02 Å². The smallest absolute Gasteiger partial charge is 0.202 e. The fraction of sp³-hybridized carbons (Fsp3) is 0. The third-order valence-electron chi connectivity index (χ3n) is 1.57. The molecule has 0 amide bonds. The van der Waals surface area contributed by atoms with Crippen LogP contribution in [-0.2, 0) is 0 Å². The van der Waals surface area contributed by atoms with Gasteiger partial charge in [0.25, 0.3) is 0 Å². The van der Waals surface area contributed by atoms with Gasteiger partial charge in [0.1, 0.15) is 5.82 Å². The Morgan fingerprint density at radius 2 is 2.14 bits per heavy atom. The van der Waals surface area contributed by atoms with Crippen LogP contribution in [0, 0.1) is 12.9 Å². The molecule has 0 aliphatic heterocycles. The van der Waals surface area contributed by atoms with E-state index in [9.17, 15) is 4.39 Å². The van der Waals surface area contributed by atoms with Crippen LogP contribution in [0.5, 0.6) is 0 Å². The highest BCUT2D eigenvalue weighted by Gasteiger charge is 2.05. The van der Waals surface area contributed by atoms with Gasteiger partial charge in [-0.05, 0) is 18.2 Å². The van der Waals surface area contributed by atoms with E-state index in [1.54, 1.807) is 6.07 Å². The van der Waals surface area contributed by atoms with Crippen molar-refractivity contribution in [3.63, 3.8) is 0 Å². The van der Waals surface area contributed by atoms with Gasteiger partial charge < -0.3 is 4.80 Å². The molecule has 0 atom stereocenters. The van der Waals surface area contributed by atoms with Gasteiger partial charge in [-0.25, -0.2) is 4.39 Å². The molecule has 0 spiro atoms. The summed E-state index contributed by atoms with van der Waals surface area (Å²) in [4.78, 5) is 1.05. The average molecular weight is 212 g/mol. The minimum atomic E-state index is -0.437. The molecule has 0 aliphatic carbocycles. The highest BCUT2D eigenvalue weighted by atomic mass is 35.5. The van der Waals surface area contributed by atoms with Gasteiger partial charge in [-0.3, -0.25) is 7.05 Å². The van der Waals surface area contributed by atoms with Crippen LogP contribution in [0.15, 0.2) is 18.2 Å². The molecule has 0 aliphatic rings. The second-order valence-corrected chi connectivity index (χ2v) is 3.08. The van der Waals surface area contributed by atoms with Crippen molar-refractivity contribution in [2.24, 2.45) is 0 Å². The molecule has 1 heterocycles. The van der Waals surface area contributed by atoms with Gasteiger partial charge in [-0.2, -0.15) is 5.10 Å². The molecule has 0 unspecified atom stereocenters. The second kappa shape index (κ2) is 3.26. The first-order chi connectivity index (χ1) is 6.65.